The van der Waals surface area contributed by atoms with Crippen molar-refractivity contribution in [3.05, 3.63) is 59.7 Å². The molecule has 2 aromatic heterocycles. The van der Waals surface area contributed by atoms with Gasteiger partial charge in [-0.2, -0.15) is 13.2 Å². The fraction of sp³-hybridized carbons (Fsp3) is 0.353. The molecular weight excluding hydrogens is 333 g/mol. The largest absolute Gasteiger partial charge is 0.433 e. The Hall–Kier alpha value is -2.48. The third kappa shape index (κ3) is 4.33. The Bertz CT molecular complexity index is 711. The summed E-state index contributed by atoms with van der Waals surface area (Å²) in [6, 6.07) is 5.90. The number of rotatable bonds is 3. The number of hydrogen-bond acceptors (Lipinski definition) is 4. The highest BCUT2D eigenvalue weighted by molar-refractivity contribution is 5.94. The maximum absolute atomic E-state index is 12.5. The summed E-state index contributed by atoms with van der Waals surface area (Å²) < 4.78 is 37.6. The standard InChI is InChI=1S/C17H17F3N4O/c18-17(19,20)15-4-3-14(11-22-15)16(25)24-8-6-23(7-9-24)12-13-2-1-5-21-10-13/h1-5,10-11H,6-9,12H2. The number of nitrogens with zero attached hydrogens (tertiary/aromatic N) is 4. The monoisotopic (exact) mass is 350 g/mol. The second-order valence-electron chi connectivity index (χ2n) is 5.86. The van der Waals surface area contributed by atoms with E-state index in [0.29, 0.717) is 26.2 Å². The van der Waals surface area contributed by atoms with Gasteiger partial charge in [0.2, 0.25) is 0 Å². The molecule has 0 aromatic carbocycles. The molecule has 0 saturated carbocycles. The van der Waals surface area contributed by atoms with Crippen LogP contribution in [0.15, 0.2) is 42.9 Å². The van der Waals surface area contributed by atoms with Crippen molar-refractivity contribution in [2.24, 2.45) is 0 Å². The van der Waals surface area contributed by atoms with Crippen LogP contribution in [0.3, 0.4) is 0 Å². The van der Waals surface area contributed by atoms with Gasteiger partial charge in [-0.3, -0.25) is 19.7 Å². The minimum Gasteiger partial charge on any atom is -0.336 e. The molecule has 0 radical (unpaired) electrons. The van der Waals surface area contributed by atoms with E-state index in [-0.39, 0.29) is 11.5 Å². The molecule has 1 fully saturated rings. The van der Waals surface area contributed by atoms with Crippen LogP contribution < -0.4 is 0 Å². The van der Waals surface area contributed by atoms with Crippen molar-refractivity contribution in [1.82, 2.24) is 19.8 Å². The second kappa shape index (κ2) is 7.18. The van der Waals surface area contributed by atoms with Gasteiger partial charge < -0.3 is 4.90 Å². The van der Waals surface area contributed by atoms with Gasteiger partial charge in [-0.1, -0.05) is 6.07 Å². The van der Waals surface area contributed by atoms with E-state index in [1.807, 2.05) is 18.3 Å². The Morgan fingerprint density at radius 3 is 2.40 bits per heavy atom. The quantitative estimate of drug-likeness (QED) is 0.853. The van der Waals surface area contributed by atoms with Crippen molar-refractivity contribution in [3.8, 4) is 0 Å². The van der Waals surface area contributed by atoms with Crippen LogP contribution in [-0.2, 0) is 12.7 Å². The number of alkyl halides is 3. The summed E-state index contributed by atoms with van der Waals surface area (Å²) in [6.07, 6.45) is 0.0241. The van der Waals surface area contributed by atoms with E-state index in [2.05, 4.69) is 14.9 Å². The maximum atomic E-state index is 12.5. The van der Waals surface area contributed by atoms with Gasteiger partial charge in [0.1, 0.15) is 5.69 Å². The van der Waals surface area contributed by atoms with Crippen LogP contribution in [0.1, 0.15) is 21.6 Å². The molecule has 8 heteroatoms. The maximum Gasteiger partial charge on any atom is 0.433 e. The number of pyridine rings is 2. The zero-order valence-electron chi connectivity index (χ0n) is 13.4. The number of carbonyl (C=O) groups excluding carboxylic acids is 1. The molecule has 3 heterocycles. The van der Waals surface area contributed by atoms with Crippen LogP contribution in [0.5, 0.6) is 0 Å². The summed E-state index contributed by atoms with van der Waals surface area (Å²) in [5.41, 5.74) is 0.285. The van der Waals surface area contributed by atoms with Gasteiger partial charge >= 0.3 is 6.18 Å². The summed E-state index contributed by atoms with van der Waals surface area (Å²) in [4.78, 5) is 23.7. The molecule has 0 atom stereocenters. The fourth-order valence-corrected chi connectivity index (χ4v) is 2.73. The van der Waals surface area contributed by atoms with Crippen LogP contribution in [0.2, 0.25) is 0 Å². The summed E-state index contributed by atoms with van der Waals surface area (Å²) in [6.45, 7) is 3.22. The molecule has 132 valence electrons. The molecule has 0 spiro atoms. The molecule has 0 bridgehead atoms. The van der Waals surface area contributed by atoms with Crippen molar-refractivity contribution in [2.75, 3.05) is 26.2 Å². The Morgan fingerprint density at radius 2 is 1.84 bits per heavy atom. The molecule has 1 saturated heterocycles. The molecular formula is C17H17F3N4O. The fourth-order valence-electron chi connectivity index (χ4n) is 2.73. The van der Waals surface area contributed by atoms with Crippen LogP contribution in [0, 0.1) is 0 Å². The molecule has 0 aliphatic carbocycles. The van der Waals surface area contributed by atoms with Gasteiger partial charge in [0.05, 0.1) is 5.56 Å². The number of amides is 1. The van der Waals surface area contributed by atoms with Gasteiger partial charge in [-0.05, 0) is 23.8 Å². The van der Waals surface area contributed by atoms with Crippen LogP contribution in [0.25, 0.3) is 0 Å². The van der Waals surface area contributed by atoms with E-state index in [9.17, 15) is 18.0 Å². The molecule has 2 aromatic rings. The predicted octanol–water partition coefficient (Wildman–Crippen LogP) is 2.45. The number of hydrogen-bond donors (Lipinski definition) is 0. The Kier molecular flexibility index (Phi) is 4.98. The molecule has 5 nitrogen and oxygen atoms in total. The van der Waals surface area contributed by atoms with Gasteiger partial charge in [0.25, 0.3) is 5.91 Å². The third-order valence-electron chi connectivity index (χ3n) is 4.09. The van der Waals surface area contributed by atoms with E-state index in [0.717, 1.165) is 24.4 Å². The Balaban J connectivity index is 1.56. The first kappa shape index (κ1) is 17.3. The summed E-state index contributed by atoms with van der Waals surface area (Å²) in [7, 11) is 0. The molecule has 1 aliphatic heterocycles. The van der Waals surface area contributed by atoms with Crippen molar-refractivity contribution in [3.63, 3.8) is 0 Å². The predicted molar refractivity (Wildman–Crippen MR) is 84.7 cm³/mol. The Labute approximate surface area is 143 Å². The lowest BCUT2D eigenvalue weighted by atomic mass is 10.2. The molecule has 1 amide bonds. The van der Waals surface area contributed by atoms with Crippen LogP contribution >= 0.6 is 0 Å². The first-order chi connectivity index (χ1) is 11.9. The molecule has 25 heavy (non-hydrogen) atoms. The van der Waals surface area contributed by atoms with Crippen molar-refractivity contribution in [2.45, 2.75) is 12.7 Å². The van der Waals surface area contributed by atoms with Gasteiger partial charge in [0, 0.05) is 51.3 Å². The topological polar surface area (TPSA) is 49.3 Å². The smallest absolute Gasteiger partial charge is 0.336 e. The minimum absolute atomic E-state index is 0.175. The molecule has 3 rings (SSSR count). The van der Waals surface area contributed by atoms with E-state index in [1.165, 1.54) is 6.07 Å². The number of aromatic nitrogens is 2. The molecule has 0 unspecified atom stereocenters. The van der Waals surface area contributed by atoms with Crippen molar-refractivity contribution < 1.29 is 18.0 Å². The summed E-state index contributed by atoms with van der Waals surface area (Å²) in [5.74, 6) is -0.290. The van der Waals surface area contributed by atoms with Gasteiger partial charge in [-0.25, -0.2) is 0 Å². The zero-order valence-corrected chi connectivity index (χ0v) is 13.4. The number of halogens is 3. The number of piperazine rings is 1. The summed E-state index contributed by atoms with van der Waals surface area (Å²) in [5, 5.41) is 0. The highest BCUT2D eigenvalue weighted by atomic mass is 19.4. The van der Waals surface area contributed by atoms with Crippen molar-refractivity contribution in [1.29, 1.82) is 0 Å². The normalized spacial score (nSPS) is 16.0. The summed E-state index contributed by atoms with van der Waals surface area (Å²) >= 11 is 0. The first-order valence-electron chi connectivity index (χ1n) is 7.87. The van der Waals surface area contributed by atoms with Crippen LogP contribution in [-0.4, -0.2) is 51.9 Å². The minimum atomic E-state index is -4.50. The van der Waals surface area contributed by atoms with Gasteiger partial charge in [-0.15, -0.1) is 0 Å². The average molecular weight is 350 g/mol. The lowest BCUT2D eigenvalue weighted by Gasteiger charge is -2.34. The molecule has 0 N–H and O–H groups in total. The first-order valence-corrected chi connectivity index (χ1v) is 7.87. The second-order valence-corrected chi connectivity index (χ2v) is 5.86. The lowest BCUT2D eigenvalue weighted by Crippen LogP contribution is -2.48. The van der Waals surface area contributed by atoms with Gasteiger partial charge in [0.15, 0.2) is 0 Å². The van der Waals surface area contributed by atoms with E-state index in [1.54, 1.807) is 11.1 Å². The highest BCUT2D eigenvalue weighted by Gasteiger charge is 2.32. The Morgan fingerprint density at radius 1 is 1.08 bits per heavy atom. The zero-order chi connectivity index (χ0) is 17.9. The lowest BCUT2D eigenvalue weighted by molar-refractivity contribution is -0.141. The highest BCUT2D eigenvalue weighted by Crippen LogP contribution is 2.27. The third-order valence-corrected chi connectivity index (χ3v) is 4.09. The van der Waals surface area contributed by atoms with E-state index < -0.39 is 11.9 Å². The van der Waals surface area contributed by atoms with E-state index >= 15 is 0 Å². The molecule has 1 aliphatic rings. The van der Waals surface area contributed by atoms with E-state index in [4.69, 9.17) is 0 Å². The SMILES string of the molecule is O=C(c1ccc(C(F)(F)F)nc1)N1CCN(Cc2cccnc2)CC1. The van der Waals surface area contributed by atoms with Crippen LogP contribution in [0.4, 0.5) is 13.2 Å². The average Bonchev–Trinajstić information content (AvgIpc) is 2.62. The van der Waals surface area contributed by atoms with Crippen molar-refractivity contribution >= 4 is 5.91 Å². The number of carbonyl (C=O) groups is 1.